The standard InChI is InChI=1S/C17H17Br2N3O3/c1-3-25-13-8-11(14(18)15(19)16(13)23)9-20-22-17(24)21-12-7-5-4-6-10(12)2/h4-9,23H,3H2,1-2H3,(H2,21,22,24). The molecule has 2 amide bonds. The lowest BCUT2D eigenvalue weighted by atomic mass is 10.2. The molecule has 0 spiro atoms. The predicted molar refractivity (Wildman–Crippen MR) is 106 cm³/mol. The minimum Gasteiger partial charge on any atom is -0.503 e. The number of aromatic hydroxyl groups is 1. The number of phenolic OH excluding ortho intramolecular Hbond substituents is 1. The van der Waals surface area contributed by atoms with Gasteiger partial charge in [0, 0.05) is 15.7 Å². The van der Waals surface area contributed by atoms with E-state index in [2.05, 4.69) is 47.7 Å². The van der Waals surface area contributed by atoms with Crippen LogP contribution in [0.25, 0.3) is 0 Å². The van der Waals surface area contributed by atoms with E-state index in [1.807, 2.05) is 32.0 Å². The first-order valence-corrected chi connectivity index (χ1v) is 9.02. The Balaban J connectivity index is 2.09. The van der Waals surface area contributed by atoms with Crippen molar-refractivity contribution in [1.82, 2.24) is 5.43 Å². The molecule has 0 atom stereocenters. The maximum absolute atomic E-state index is 11.9. The normalized spacial score (nSPS) is 10.7. The second-order valence-corrected chi connectivity index (χ2v) is 6.60. The van der Waals surface area contributed by atoms with Gasteiger partial charge in [0.05, 0.1) is 17.3 Å². The molecule has 0 saturated carbocycles. The fourth-order valence-electron chi connectivity index (χ4n) is 2.00. The first-order valence-electron chi connectivity index (χ1n) is 7.43. The van der Waals surface area contributed by atoms with Crippen LogP contribution in [-0.2, 0) is 0 Å². The number of benzene rings is 2. The fourth-order valence-corrected chi connectivity index (χ4v) is 2.82. The molecule has 0 unspecified atom stereocenters. The second-order valence-electron chi connectivity index (χ2n) is 5.01. The number of aryl methyl sites for hydroxylation is 1. The lowest BCUT2D eigenvalue weighted by molar-refractivity contribution is 0.252. The molecule has 25 heavy (non-hydrogen) atoms. The quantitative estimate of drug-likeness (QED) is 0.434. The number of hydrogen-bond acceptors (Lipinski definition) is 4. The zero-order valence-electron chi connectivity index (χ0n) is 13.6. The Morgan fingerprint density at radius 1 is 1.32 bits per heavy atom. The van der Waals surface area contributed by atoms with E-state index in [1.165, 1.54) is 6.21 Å². The van der Waals surface area contributed by atoms with Gasteiger partial charge in [0.25, 0.3) is 0 Å². The molecule has 2 aromatic rings. The number of ether oxygens (including phenoxy) is 1. The van der Waals surface area contributed by atoms with Gasteiger partial charge in [-0.25, -0.2) is 10.2 Å². The summed E-state index contributed by atoms with van der Waals surface area (Å²) in [7, 11) is 0. The summed E-state index contributed by atoms with van der Waals surface area (Å²) < 4.78 is 6.41. The maximum Gasteiger partial charge on any atom is 0.339 e. The number of nitrogens with one attached hydrogen (secondary N) is 2. The summed E-state index contributed by atoms with van der Waals surface area (Å²) in [5, 5.41) is 16.7. The Labute approximate surface area is 162 Å². The SMILES string of the molecule is CCOc1cc(C=NNC(=O)Nc2ccccc2C)c(Br)c(Br)c1O. The molecule has 0 fully saturated rings. The highest BCUT2D eigenvalue weighted by Gasteiger charge is 2.14. The van der Waals surface area contributed by atoms with E-state index in [-0.39, 0.29) is 5.75 Å². The Kier molecular flexibility index (Phi) is 6.83. The van der Waals surface area contributed by atoms with Crippen molar-refractivity contribution >= 4 is 49.8 Å². The van der Waals surface area contributed by atoms with Crippen molar-refractivity contribution < 1.29 is 14.6 Å². The number of hydrazone groups is 1. The Morgan fingerprint density at radius 2 is 2.04 bits per heavy atom. The Hall–Kier alpha value is -2.06. The van der Waals surface area contributed by atoms with Gasteiger partial charge in [-0.15, -0.1) is 0 Å². The van der Waals surface area contributed by atoms with E-state index in [1.54, 1.807) is 12.1 Å². The van der Waals surface area contributed by atoms with Gasteiger partial charge in [-0.1, -0.05) is 18.2 Å². The number of amides is 2. The highest BCUT2D eigenvalue weighted by atomic mass is 79.9. The molecule has 0 aliphatic carbocycles. The van der Waals surface area contributed by atoms with Crippen LogP contribution in [0.5, 0.6) is 11.5 Å². The Morgan fingerprint density at radius 3 is 2.72 bits per heavy atom. The number of halogens is 2. The molecule has 2 aromatic carbocycles. The summed E-state index contributed by atoms with van der Waals surface area (Å²) in [5.74, 6) is 0.319. The lowest BCUT2D eigenvalue weighted by Gasteiger charge is -2.11. The number of carbonyl (C=O) groups excluding carboxylic acids is 1. The van der Waals surface area contributed by atoms with Crippen molar-refractivity contribution in [2.24, 2.45) is 5.10 Å². The largest absolute Gasteiger partial charge is 0.503 e. The number of urea groups is 1. The second kappa shape index (κ2) is 8.87. The average molecular weight is 471 g/mol. The summed E-state index contributed by atoms with van der Waals surface area (Å²) in [5.41, 5.74) is 4.69. The molecular formula is C17H17Br2N3O3. The van der Waals surface area contributed by atoms with Crippen molar-refractivity contribution in [2.75, 3.05) is 11.9 Å². The van der Waals surface area contributed by atoms with Crippen LogP contribution in [0.3, 0.4) is 0 Å². The maximum atomic E-state index is 11.9. The molecule has 6 nitrogen and oxygen atoms in total. The van der Waals surface area contributed by atoms with E-state index in [0.29, 0.717) is 32.6 Å². The van der Waals surface area contributed by atoms with Crippen LogP contribution in [0.2, 0.25) is 0 Å². The van der Waals surface area contributed by atoms with E-state index in [9.17, 15) is 9.90 Å². The van der Waals surface area contributed by atoms with Crippen LogP contribution >= 0.6 is 31.9 Å². The third kappa shape index (κ3) is 4.96. The molecule has 8 heteroatoms. The summed E-state index contributed by atoms with van der Waals surface area (Å²) >= 11 is 6.65. The first-order chi connectivity index (χ1) is 11.9. The van der Waals surface area contributed by atoms with E-state index in [4.69, 9.17) is 4.74 Å². The number of phenols is 1. The number of para-hydroxylation sites is 1. The fraction of sp³-hybridized carbons (Fsp3) is 0.176. The van der Waals surface area contributed by atoms with E-state index in [0.717, 1.165) is 5.56 Å². The summed E-state index contributed by atoms with van der Waals surface area (Å²) in [6, 6.07) is 8.61. The van der Waals surface area contributed by atoms with Crippen molar-refractivity contribution in [1.29, 1.82) is 0 Å². The molecule has 0 bridgehead atoms. The van der Waals surface area contributed by atoms with Crippen LogP contribution in [-0.4, -0.2) is 24.0 Å². The van der Waals surface area contributed by atoms with E-state index < -0.39 is 6.03 Å². The van der Waals surface area contributed by atoms with Crippen molar-refractivity contribution in [3.63, 3.8) is 0 Å². The monoisotopic (exact) mass is 469 g/mol. The van der Waals surface area contributed by atoms with Crippen LogP contribution < -0.4 is 15.5 Å². The third-order valence-corrected chi connectivity index (χ3v) is 5.40. The van der Waals surface area contributed by atoms with Crippen molar-refractivity contribution in [3.05, 3.63) is 50.4 Å². The number of carbonyl (C=O) groups is 1. The minimum absolute atomic E-state index is 0.00358. The van der Waals surface area contributed by atoms with Crippen molar-refractivity contribution in [2.45, 2.75) is 13.8 Å². The van der Waals surface area contributed by atoms with E-state index >= 15 is 0 Å². The van der Waals surface area contributed by atoms with Gasteiger partial charge in [-0.2, -0.15) is 5.10 Å². The predicted octanol–water partition coefficient (Wildman–Crippen LogP) is 4.78. The number of nitrogens with zero attached hydrogens (tertiary/aromatic N) is 1. The summed E-state index contributed by atoms with van der Waals surface area (Å²) in [6.45, 7) is 4.13. The molecule has 3 N–H and O–H groups in total. The molecule has 0 heterocycles. The molecule has 0 saturated heterocycles. The van der Waals surface area contributed by atoms with Gasteiger partial charge in [0.2, 0.25) is 0 Å². The van der Waals surface area contributed by atoms with Gasteiger partial charge >= 0.3 is 6.03 Å². The molecule has 0 aliphatic rings. The summed E-state index contributed by atoms with van der Waals surface area (Å²) in [6.07, 6.45) is 1.45. The molecule has 132 valence electrons. The molecular weight excluding hydrogens is 454 g/mol. The number of rotatable bonds is 5. The first kappa shape index (κ1) is 19.3. The summed E-state index contributed by atoms with van der Waals surface area (Å²) in [4.78, 5) is 11.9. The smallest absolute Gasteiger partial charge is 0.339 e. The van der Waals surface area contributed by atoms with Crippen LogP contribution in [0.15, 0.2) is 44.4 Å². The van der Waals surface area contributed by atoms with Crippen LogP contribution in [0.1, 0.15) is 18.1 Å². The molecule has 2 rings (SSSR count). The molecule has 0 aromatic heterocycles. The number of hydrogen-bond donors (Lipinski definition) is 3. The zero-order valence-corrected chi connectivity index (χ0v) is 16.8. The topological polar surface area (TPSA) is 83.0 Å². The van der Waals surface area contributed by atoms with Crippen LogP contribution in [0.4, 0.5) is 10.5 Å². The molecule has 0 aliphatic heterocycles. The highest BCUT2D eigenvalue weighted by Crippen LogP contribution is 2.41. The van der Waals surface area contributed by atoms with Crippen molar-refractivity contribution in [3.8, 4) is 11.5 Å². The van der Waals surface area contributed by atoms with Gasteiger partial charge in [-0.05, 0) is 63.4 Å². The third-order valence-electron chi connectivity index (χ3n) is 3.24. The molecule has 0 radical (unpaired) electrons. The zero-order chi connectivity index (χ0) is 18.4. The van der Waals surface area contributed by atoms with Crippen LogP contribution in [0, 0.1) is 6.92 Å². The number of anilines is 1. The van der Waals surface area contributed by atoms with Gasteiger partial charge in [0.1, 0.15) is 0 Å². The van der Waals surface area contributed by atoms with Gasteiger partial charge in [-0.3, -0.25) is 0 Å². The van der Waals surface area contributed by atoms with Gasteiger partial charge in [0.15, 0.2) is 11.5 Å². The Bertz CT molecular complexity index is 810. The minimum atomic E-state index is -0.454. The van der Waals surface area contributed by atoms with Gasteiger partial charge < -0.3 is 15.2 Å². The highest BCUT2D eigenvalue weighted by molar-refractivity contribution is 9.13. The average Bonchev–Trinajstić information content (AvgIpc) is 2.59. The lowest BCUT2D eigenvalue weighted by Crippen LogP contribution is -2.24.